The molecule has 0 aromatic carbocycles. The van der Waals surface area contributed by atoms with Crippen LogP contribution in [0.5, 0.6) is 0 Å². The summed E-state index contributed by atoms with van der Waals surface area (Å²) in [6, 6.07) is -1.01. The van der Waals surface area contributed by atoms with Gasteiger partial charge < -0.3 is 21.1 Å². The molecular formula is C23H37NO5S. The number of aliphatic hydroxyl groups is 1. The van der Waals surface area contributed by atoms with Crippen LogP contribution < -0.4 is 5.73 Å². The Kier molecular flexibility index (Phi) is 18.0. The number of carboxylic acids is 2. The van der Waals surface area contributed by atoms with Crippen molar-refractivity contribution < 1.29 is 24.9 Å². The summed E-state index contributed by atoms with van der Waals surface area (Å²) in [7, 11) is 0. The average Bonchev–Trinajstić information content (AvgIpc) is 2.70. The monoisotopic (exact) mass is 439 g/mol. The molecule has 0 amide bonds. The van der Waals surface area contributed by atoms with E-state index < -0.39 is 24.1 Å². The zero-order valence-electron chi connectivity index (χ0n) is 17.9. The summed E-state index contributed by atoms with van der Waals surface area (Å²) >= 11 is 1.26. The van der Waals surface area contributed by atoms with Crippen molar-refractivity contribution in [3.8, 4) is 0 Å². The van der Waals surface area contributed by atoms with Crippen LogP contribution in [0.25, 0.3) is 0 Å². The predicted molar refractivity (Wildman–Crippen MR) is 125 cm³/mol. The standard InChI is InChI=1S/C23H37NO5S/c1-2-3-4-5-6-7-8-9-10-11-12-13-16-21(30-18-19(24)23(28)29)20(25)15-14-17-22(26)27/h6-7,9-13,16,19-21,25H,2-5,8,14-15,17-18,24H2,1H3,(H,26,27)(H,28,29)/t19-,20-,21-/m0/s1. The Balaban J connectivity index is 4.51. The maximum Gasteiger partial charge on any atom is 0.321 e. The van der Waals surface area contributed by atoms with Gasteiger partial charge in [0, 0.05) is 17.4 Å². The van der Waals surface area contributed by atoms with Crippen LogP contribution in [0, 0.1) is 0 Å². The van der Waals surface area contributed by atoms with Crippen molar-refractivity contribution in [2.75, 3.05) is 5.75 Å². The lowest BCUT2D eigenvalue weighted by Crippen LogP contribution is -2.34. The molecule has 30 heavy (non-hydrogen) atoms. The zero-order valence-corrected chi connectivity index (χ0v) is 18.7. The largest absolute Gasteiger partial charge is 0.481 e. The van der Waals surface area contributed by atoms with E-state index in [4.69, 9.17) is 15.9 Å². The smallest absolute Gasteiger partial charge is 0.321 e. The van der Waals surface area contributed by atoms with E-state index in [9.17, 15) is 14.7 Å². The third kappa shape index (κ3) is 17.1. The molecule has 0 saturated heterocycles. The third-order valence-electron chi connectivity index (χ3n) is 4.24. The molecule has 0 aliphatic heterocycles. The summed E-state index contributed by atoms with van der Waals surface area (Å²) < 4.78 is 0. The van der Waals surface area contributed by atoms with E-state index in [1.165, 1.54) is 31.0 Å². The normalized spacial score (nSPS) is 15.4. The van der Waals surface area contributed by atoms with E-state index in [1.54, 1.807) is 12.2 Å². The molecule has 0 aliphatic carbocycles. The first-order valence-electron chi connectivity index (χ1n) is 10.5. The van der Waals surface area contributed by atoms with E-state index in [-0.39, 0.29) is 17.4 Å². The molecule has 0 aromatic heterocycles. The molecule has 6 nitrogen and oxygen atoms in total. The lowest BCUT2D eigenvalue weighted by Gasteiger charge is -2.20. The lowest BCUT2D eigenvalue weighted by molar-refractivity contribution is -0.138. The number of aliphatic hydroxyl groups excluding tert-OH is 1. The molecule has 0 heterocycles. The van der Waals surface area contributed by atoms with Gasteiger partial charge in [-0.15, -0.1) is 11.8 Å². The van der Waals surface area contributed by atoms with E-state index in [2.05, 4.69) is 25.2 Å². The second kappa shape index (κ2) is 19.2. The highest BCUT2D eigenvalue weighted by Gasteiger charge is 2.20. The van der Waals surface area contributed by atoms with Crippen molar-refractivity contribution >= 4 is 23.7 Å². The molecule has 170 valence electrons. The van der Waals surface area contributed by atoms with Gasteiger partial charge in [0.25, 0.3) is 0 Å². The lowest BCUT2D eigenvalue weighted by atomic mass is 10.1. The minimum Gasteiger partial charge on any atom is -0.481 e. The van der Waals surface area contributed by atoms with Gasteiger partial charge in [-0.2, -0.15) is 0 Å². The molecule has 7 heteroatoms. The van der Waals surface area contributed by atoms with Gasteiger partial charge >= 0.3 is 11.9 Å². The van der Waals surface area contributed by atoms with E-state index in [0.717, 1.165) is 12.8 Å². The van der Waals surface area contributed by atoms with Crippen LogP contribution in [0.15, 0.2) is 48.6 Å². The van der Waals surface area contributed by atoms with Gasteiger partial charge in [0.15, 0.2) is 0 Å². The second-order valence-corrected chi connectivity index (χ2v) is 8.21. The topological polar surface area (TPSA) is 121 Å². The summed E-state index contributed by atoms with van der Waals surface area (Å²) in [6.45, 7) is 2.19. The van der Waals surface area contributed by atoms with Crippen molar-refractivity contribution in [3.05, 3.63) is 48.6 Å². The van der Waals surface area contributed by atoms with Gasteiger partial charge in [0.1, 0.15) is 6.04 Å². The zero-order chi connectivity index (χ0) is 22.6. The fraction of sp³-hybridized carbons (Fsp3) is 0.565. The van der Waals surface area contributed by atoms with Gasteiger partial charge in [-0.1, -0.05) is 68.4 Å². The SMILES string of the molecule is CCCCCC=CCC=CC=CC=C[C@H](SC[C@H](N)C(=O)O)[C@@H](O)CCCC(=O)O. The first-order valence-corrected chi connectivity index (χ1v) is 11.6. The number of carboxylic acid groups (broad SMARTS) is 2. The van der Waals surface area contributed by atoms with Gasteiger partial charge in [-0.3, -0.25) is 9.59 Å². The van der Waals surface area contributed by atoms with Crippen molar-refractivity contribution in [1.29, 1.82) is 0 Å². The molecule has 0 bridgehead atoms. The Morgan fingerprint density at radius 3 is 2.40 bits per heavy atom. The molecule has 5 N–H and O–H groups in total. The Morgan fingerprint density at radius 2 is 1.73 bits per heavy atom. The van der Waals surface area contributed by atoms with E-state index in [0.29, 0.717) is 12.8 Å². The molecule has 0 spiro atoms. The molecule has 0 rings (SSSR count). The fourth-order valence-electron chi connectivity index (χ4n) is 2.47. The molecule has 0 fully saturated rings. The molecule has 3 atom stereocenters. The minimum atomic E-state index is -1.09. The highest BCUT2D eigenvalue weighted by atomic mass is 32.2. The molecule has 0 radical (unpaired) electrons. The van der Waals surface area contributed by atoms with Crippen LogP contribution in [0.2, 0.25) is 0 Å². The molecule has 0 unspecified atom stereocenters. The first kappa shape index (κ1) is 28.2. The Hall–Kier alpha value is -1.83. The summed E-state index contributed by atoms with van der Waals surface area (Å²) in [5.74, 6) is -1.83. The quantitative estimate of drug-likeness (QED) is 0.143. The van der Waals surface area contributed by atoms with Crippen molar-refractivity contribution in [3.63, 3.8) is 0 Å². The Labute approximate surface area is 184 Å². The van der Waals surface area contributed by atoms with Gasteiger partial charge in [0.2, 0.25) is 0 Å². The molecule has 0 aromatic rings. The van der Waals surface area contributed by atoms with Crippen molar-refractivity contribution in [1.82, 2.24) is 0 Å². The van der Waals surface area contributed by atoms with Crippen LogP contribution in [-0.4, -0.2) is 50.4 Å². The number of hydrogen-bond acceptors (Lipinski definition) is 5. The Morgan fingerprint density at radius 1 is 1.00 bits per heavy atom. The van der Waals surface area contributed by atoms with Crippen LogP contribution in [-0.2, 0) is 9.59 Å². The van der Waals surface area contributed by atoms with Crippen LogP contribution in [0.1, 0.15) is 58.3 Å². The fourth-order valence-corrected chi connectivity index (χ4v) is 3.60. The van der Waals surface area contributed by atoms with Gasteiger partial charge in [-0.05, 0) is 32.1 Å². The molecule has 0 aliphatic rings. The highest BCUT2D eigenvalue weighted by Crippen LogP contribution is 2.21. The molecular weight excluding hydrogens is 402 g/mol. The maximum absolute atomic E-state index is 10.9. The number of thioether (sulfide) groups is 1. The van der Waals surface area contributed by atoms with Crippen LogP contribution in [0.3, 0.4) is 0 Å². The van der Waals surface area contributed by atoms with Crippen molar-refractivity contribution in [2.24, 2.45) is 5.73 Å². The maximum atomic E-state index is 10.9. The van der Waals surface area contributed by atoms with Gasteiger partial charge in [-0.25, -0.2) is 0 Å². The van der Waals surface area contributed by atoms with Gasteiger partial charge in [0.05, 0.1) is 6.10 Å². The average molecular weight is 440 g/mol. The first-order chi connectivity index (χ1) is 14.4. The predicted octanol–water partition coefficient (Wildman–Crippen LogP) is 4.31. The third-order valence-corrected chi connectivity index (χ3v) is 5.65. The van der Waals surface area contributed by atoms with Crippen molar-refractivity contribution in [2.45, 2.75) is 75.7 Å². The minimum absolute atomic E-state index is 0.00938. The number of nitrogens with two attached hydrogens (primary N) is 1. The highest BCUT2D eigenvalue weighted by molar-refractivity contribution is 8.00. The Bertz CT molecular complexity index is 586. The summed E-state index contributed by atoms with van der Waals surface area (Å²) in [5.41, 5.74) is 5.54. The van der Waals surface area contributed by atoms with Crippen LogP contribution in [0.4, 0.5) is 0 Å². The number of aliphatic carboxylic acids is 2. The summed E-state index contributed by atoms with van der Waals surface area (Å²) in [5, 5.41) is 27.6. The van der Waals surface area contributed by atoms with E-state index in [1.807, 2.05) is 18.2 Å². The molecule has 0 saturated carbocycles. The number of rotatable bonds is 18. The summed E-state index contributed by atoms with van der Waals surface area (Å²) in [4.78, 5) is 21.5. The number of carbonyl (C=O) groups is 2. The van der Waals surface area contributed by atoms with Crippen LogP contribution >= 0.6 is 11.8 Å². The number of hydrogen-bond donors (Lipinski definition) is 4. The number of allylic oxidation sites excluding steroid dienone is 7. The van der Waals surface area contributed by atoms with E-state index >= 15 is 0 Å². The summed E-state index contributed by atoms with van der Waals surface area (Å²) in [6.07, 6.45) is 21.3. The second-order valence-electron chi connectivity index (χ2n) is 7.00. The number of unbranched alkanes of at least 4 members (excludes halogenated alkanes) is 3.